The Hall–Kier alpha value is -2.35. The van der Waals surface area contributed by atoms with E-state index in [1.54, 1.807) is 17.7 Å². The van der Waals surface area contributed by atoms with E-state index in [-0.39, 0.29) is 0 Å². The molecule has 0 saturated carbocycles. The first-order chi connectivity index (χ1) is 15.4. The third-order valence-corrected chi connectivity index (χ3v) is 7.02. The van der Waals surface area contributed by atoms with Gasteiger partial charge in [-0.05, 0) is 83.9 Å². The monoisotopic (exact) mass is 432 g/mol. The van der Waals surface area contributed by atoms with Crippen molar-refractivity contribution in [2.75, 3.05) is 0 Å². The fourth-order valence-electron chi connectivity index (χ4n) is 4.69. The molecule has 1 aliphatic carbocycles. The first-order valence-electron chi connectivity index (χ1n) is 12.5. The molecular formula is C30H40O2. The summed E-state index contributed by atoms with van der Waals surface area (Å²) in [5, 5.41) is 9.12. The Balaban J connectivity index is 1.79. The number of hydrogen-bond acceptors (Lipinski definition) is 1. The number of carbonyl (C=O) groups is 1. The third kappa shape index (κ3) is 7.08. The number of fused-ring (bicyclic) bond motifs is 1. The summed E-state index contributed by atoms with van der Waals surface area (Å²) < 4.78 is 0. The van der Waals surface area contributed by atoms with E-state index in [1.165, 1.54) is 74.5 Å². The number of aromatic carboxylic acids is 1. The summed E-state index contributed by atoms with van der Waals surface area (Å²) in [4.78, 5) is 11.1. The number of carboxylic acid groups (broad SMARTS) is 1. The average molecular weight is 433 g/mol. The Morgan fingerprint density at radius 3 is 2.19 bits per heavy atom. The molecule has 1 N–H and O–H groups in total. The fourth-order valence-corrected chi connectivity index (χ4v) is 4.69. The minimum absolute atomic E-state index is 0.332. The summed E-state index contributed by atoms with van der Waals surface area (Å²) in [5.74, 6) is -0.879. The highest BCUT2D eigenvalue weighted by Gasteiger charge is 2.23. The lowest BCUT2D eigenvalue weighted by Crippen LogP contribution is -2.10. The van der Waals surface area contributed by atoms with Gasteiger partial charge in [-0.1, -0.05) is 89.3 Å². The fraction of sp³-hybridized carbons (Fsp3) is 0.500. The molecule has 0 aromatic heterocycles. The van der Waals surface area contributed by atoms with Gasteiger partial charge in [0.1, 0.15) is 0 Å². The van der Waals surface area contributed by atoms with E-state index >= 15 is 0 Å². The van der Waals surface area contributed by atoms with E-state index in [0.29, 0.717) is 11.0 Å². The second kappa shape index (κ2) is 11.5. The van der Waals surface area contributed by atoms with E-state index in [1.807, 2.05) is 12.1 Å². The second-order valence-electron chi connectivity index (χ2n) is 10.3. The highest BCUT2D eigenvalue weighted by Crippen LogP contribution is 2.35. The maximum atomic E-state index is 11.1. The van der Waals surface area contributed by atoms with Crippen LogP contribution in [0.15, 0.2) is 36.4 Å². The topological polar surface area (TPSA) is 37.3 Å². The van der Waals surface area contributed by atoms with Crippen LogP contribution >= 0.6 is 0 Å². The summed E-state index contributed by atoms with van der Waals surface area (Å²) in [6.45, 7) is 7.07. The van der Waals surface area contributed by atoms with Gasteiger partial charge in [0.25, 0.3) is 0 Å². The summed E-state index contributed by atoms with van der Waals surface area (Å²) >= 11 is 0. The Kier molecular flexibility index (Phi) is 8.73. The molecule has 0 saturated heterocycles. The molecule has 172 valence electrons. The van der Waals surface area contributed by atoms with Crippen LogP contribution in [0.3, 0.4) is 0 Å². The number of hydrogen-bond donors (Lipinski definition) is 1. The van der Waals surface area contributed by atoms with Crippen LogP contribution < -0.4 is 0 Å². The van der Waals surface area contributed by atoms with Crippen molar-refractivity contribution in [1.82, 2.24) is 0 Å². The van der Waals surface area contributed by atoms with Gasteiger partial charge in [-0.3, -0.25) is 0 Å². The van der Waals surface area contributed by atoms with Crippen LogP contribution in [0.2, 0.25) is 0 Å². The molecule has 2 heteroatoms. The van der Waals surface area contributed by atoms with Gasteiger partial charge in [0, 0.05) is 0 Å². The van der Waals surface area contributed by atoms with E-state index in [0.717, 1.165) is 18.4 Å². The van der Waals surface area contributed by atoms with Gasteiger partial charge >= 0.3 is 5.97 Å². The molecule has 0 atom stereocenters. The van der Waals surface area contributed by atoms with Crippen molar-refractivity contribution >= 4 is 18.1 Å². The van der Waals surface area contributed by atoms with Crippen molar-refractivity contribution in [3.63, 3.8) is 0 Å². The normalized spacial score (nSPS) is 15.5. The lowest BCUT2D eigenvalue weighted by Gasteiger charge is -2.21. The largest absolute Gasteiger partial charge is 0.478 e. The molecule has 0 bridgehead atoms. The highest BCUT2D eigenvalue weighted by molar-refractivity contribution is 5.88. The molecule has 2 aromatic carbocycles. The Morgan fingerprint density at radius 1 is 0.906 bits per heavy atom. The first-order valence-corrected chi connectivity index (χ1v) is 12.5. The minimum atomic E-state index is -0.879. The lowest BCUT2D eigenvalue weighted by atomic mass is 9.85. The van der Waals surface area contributed by atoms with Gasteiger partial charge in [-0.25, -0.2) is 4.79 Å². The predicted octanol–water partition coefficient (Wildman–Crippen LogP) is 8.36. The van der Waals surface area contributed by atoms with Gasteiger partial charge < -0.3 is 5.11 Å². The minimum Gasteiger partial charge on any atom is -0.478 e. The summed E-state index contributed by atoms with van der Waals surface area (Å²) in [7, 11) is 0. The van der Waals surface area contributed by atoms with Crippen molar-refractivity contribution in [1.29, 1.82) is 0 Å². The van der Waals surface area contributed by atoms with Crippen molar-refractivity contribution in [3.05, 3.63) is 69.8 Å². The number of benzene rings is 2. The van der Waals surface area contributed by atoms with Crippen LogP contribution in [0.25, 0.3) is 12.2 Å². The second-order valence-corrected chi connectivity index (χ2v) is 10.3. The zero-order valence-electron chi connectivity index (χ0n) is 20.3. The maximum Gasteiger partial charge on any atom is 0.335 e. The molecule has 0 aliphatic heterocycles. The van der Waals surface area contributed by atoms with Crippen molar-refractivity contribution in [2.24, 2.45) is 5.41 Å². The predicted molar refractivity (Wildman–Crippen MR) is 136 cm³/mol. The zero-order chi connectivity index (χ0) is 23.0. The van der Waals surface area contributed by atoms with E-state index < -0.39 is 5.97 Å². The first kappa shape index (κ1) is 24.3. The smallest absolute Gasteiger partial charge is 0.335 e. The van der Waals surface area contributed by atoms with E-state index in [9.17, 15) is 4.79 Å². The van der Waals surface area contributed by atoms with Crippen LogP contribution in [-0.4, -0.2) is 11.1 Å². The van der Waals surface area contributed by atoms with Crippen LogP contribution in [0.5, 0.6) is 0 Å². The van der Waals surface area contributed by atoms with Crippen LogP contribution in [0.1, 0.15) is 110 Å². The molecule has 0 radical (unpaired) electrons. The number of rotatable bonds is 10. The Bertz CT molecular complexity index is 919. The summed E-state index contributed by atoms with van der Waals surface area (Å²) in [5.41, 5.74) is 7.66. The Morgan fingerprint density at radius 2 is 1.53 bits per heavy atom. The summed E-state index contributed by atoms with van der Waals surface area (Å²) in [6, 6.07) is 12.1. The van der Waals surface area contributed by atoms with Gasteiger partial charge in [0.15, 0.2) is 0 Å². The zero-order valence-corrected chi connectivity index (χ0v) is 20.3. The Labute approximate surface area is 194 Å². The molecule has 0 amide bonds. The van der Waals surface area contributed by atoms with Crippen molar-refractivity contribution < 1.29 is 9.90 Å². The number of carboxylic acids is 1. The molecule has 32 heavy (non-hydrogen) atoms. The van der Waals surface area contributed by atoms with Crippen molar-refractivity contribution in [3.8, 4) is 0 Å². The van der Waals surface area contributed by atoms with Gasteiger partial charge in [0.2, 0.25) is 0 Å². The molecule has 0 spiro atoms. The molecule has 1 aliphatic rings. The SMILES string of the molecule is CCCCCCCCc1cc2c(cc1C=Cc1ccc(C(=O)O)cc1)CCC(C)(C)CC2. The quantitative estimate of drug-likeness (QED) is 0.233. The van der Waals surface area contributed by atoms with Gasteiger partial charge in [-0.15, -0.1) is 0 Å². The maximum absolute atomic E-state index is 11.1. The molecule has 3 rings (SSSR count). The van der Waals surface area contributed by atoms with E-state index in [2.05, 4.69) is 45.1 Å². The highest BCUT2D eigenvalue weighted by atomic mass is 16.4. The van der Waals surface area contributed by atoms with Gasteiger partial charge in [-0.2, -0.15) is 0 Å². The number of unbranched alkanes of at least 4 members (excludes halogenated alkanes) is 5. The molecular weight excluding hydrogens is 392 g/mol. The molecule has 2 nitrogen and oxygen atoms in total. The molecule has 0 fully saturated rings. The van der Waals surface area contributed by atoms with Gasteiger partial charge in [0.05, 0.1) is 5.56 Å². The van der Waals surface area contributed by atoms with Crippen molar-refractivity contribution in [2.45, 2.75) is 91.4 Å². The van der Waals surface area contributed by atoms with Crippen LogP contribution in [-0.2, 0) is 19.3 Å². The average Bonchev–Trinajstić information content (AvgIpc) is 2.92. The summed E-state index contributed by atoms with van der Waals surface area (Å²) in [6.07, 6.45) is 18.3. The van der Waals surface area contributed by atoms with Crippen LogP contribution in [0, 0.1) is 5.41 Å². The van der Waals surface area contributed by atoms with Crippen LogP contribution in [0.4, 0.5) is 0 Å². The molecule has 2 aromatic rings. The molecule has 0 heterocycles. The van der Waals surface area contributed by atoms with E-state index in [4.69, 9.17) is 5.11 Å². The lowest BCUT2D eigenvalue weighted by molar-refractivity contribution is 0.0697. The number of aryl methyl sites for hydroxylation is 3. The standard InChI is InChI=1S/C30H40O2/c1-4-5-6-7-8-9-10-25-21-27-17-19-30(2,3)20-18-28(27)22-26(25)16-13-23-11-14-24(15-12-23)29(31)32/h11-16,21-22H,4-10,17-20H2,1-3H3,(H,31,32). The molecule has 0 unspecified atom stereocenters. The third-order valence-electron chi connectivity index (χ3n) is 7.02.